The van der Waals surface area contributed by atoms with Crippen molar-refractivity contribution >= 4 is 58.2 Å². The minimum absolute atomic E-state index is 0.0943. The van der Waals surface area contributed by atoms with E-state index >= 15 is 0 Å². The number of hydrogen-bond acceptors (Lipinski definition) is 5. The summed E-state index contributed by atoms with van der Waals surface area (Å²) in [4.78, 5) is 12.3. The molecule has 2 aromatic carbocycles. The molecule has 0 saturated heterocycles. The lowest BCUT2D eigenvalue weighted by Crippen LogP contribution is -2.15. The first-order chi connectivity index (χ1) is 14.4. The van der Waals surface area contributed by atoms with E-state index in [0.29, 0.717) is 34.0 Å². The third-order valence-corrected chi connectivity index (χ3v) is 6.00. The van der Waals surface area contributed by atoms with Gasteiger partial charge in [-0.15, -0.1) is 10.2 Å². The predicted octanol–water partition coefficient (Wildman–Crippen LogP) is 5.71. The Morgan fingerprint density at radius 2 is 2.00 bits per heavy atom. The summed E-state index contributed by atoms with van der Waals surface area (Å²) in [7, 11) is 0. The first-order valence-corrected chi connectivity index (χ1v) is 10.9. The molecule has 0 spiro atoms. The quantitative estimate of drug-likeness (QED) is 0.411. The van der Waals surface area contributed by atoms with Crippen LogP contribution in [-0.2, 0) is 17.9 Å². The molecule has 3 rings (SSSR count). The molecule has 0 aliphatic carbocycles. The lowest BCUT2D eigenvalue weighted by atomic mass is 10.3. The fourth-order valence-corrected chi connectivity index (χ4v) is 3.89. The number of carbonyl (C=O) groups is 1. The summed E-state index contributed by atoms with van der Waals surface area (Å²) >= 11 is 19.2. The van der Waals surface area contributed by atoms with Crippen LogP contribution in [0.2, 0.25) is 15.1 Å². The Hall–Kier alpha value is -2.00. The van der Waals surface area contributed by atoms with Crippen LogP contribution in [0, 0.1) is 5.82 Å². The van der Waals surface area contributed by atoms with Crippen molar-refractivity contribution in [2.75, 3.05) is 11.1 Å². The monoisotopic (exact) mass is 488 g/mol. The van der Waals surface area contributed by atoms with Crippen molar-refractivity contribution in [3.63, 3.8) is 0 Å². The Morgan fingerprint density at radius 1 is 1.20 bits per heavy atom. The standard InChI is InChI=1S/C19H16Cl3FN4O2S/c1-2-27-16(9-29-15-7-6-11(23)8-13(15)21)25-26-19(27)30-10-17(28)24-14-5-3-4-12(20)18(14)22/h3-8H,2,9-10H2,1H3,(H,24,28). The van der Waals surface area contributed by atoms with E-state index in [1.165, 1.54) is 30.0 Å². The summed E-state index contributed by atoms with van der Waals surface area (Å²) in [6, 6.07) is 8.89. The normalized spacial score (nSPS) is 10.8. The van der Waals surface area contributed by atoms with E-state index in [1.807, 2.05) is 11.5 Å². The number of hydrogen-bond donors (Lipinski definition) is 1. The molecule has 1 amide bonds. The molecule has 0 fully saturated rings. The smallest absolute Gasteiger partial charge is 0.234 e. The van der Waals surface area contributed by atoms with E-state index in [0.717, 1.165) is 0 Å². The number of ether oxygens (including phenoxy) is 1. The first kappa shape index (κ1) is 22.7. The van der Waals surface area contributed by atoms with Gasteiger partial charge >= 0.3 is 0 Å². The van der Waals surface area contributed by atoms with Crippen molar-refractivity contribution in [2.45, 2.75) is 25.2 Å². The van der Waals surface area contributed by atoms with Crippen LogP contribution in [0.5, 0.6) is 5.75 Å². The Balaban J connectivity index is 1.61. The average molecular weight is 490 g/mol. The largest absolute Gasteiger partial charge is 0.484 e. The van der Waals surface area contributed by atoms with Gasteiger partial charge in [0, 0.05) is 6.54 Å². The van der Waals surface area contributed by atoms with Crippen LogP contribution in [0.4, 0.5) is 10.1 Å². The van der Waals surface area contributed by atoms with Crippen molar-refractivity contribution < 1.29 is 13.9 Å². The molecule has 11 heteroatoms. The SMILES string of the molecule is CCn1c(COc2ccc(F)cc2Cl)nnc1SCC(=O)Nc1cccc(Cl)c1Cl. The zero-order valence-corrected chi connectivity index (χ0v) is 18.7. The molecule has 30 heavy (non-hydrogen) atoms. The van der Waals surface area contributed by atoms with E-state index in [9.17, 15) is 9.18 Å². The van der Waals surface area contributed by atoms with Crippen LogP contribution in [0.15, 0.2) is 41.6 Å². The number of halogens is 4. The number of nitrogens with one attached hydrogen (secondary N) is 1. The molecule has 1 aromatic heterocycles. The molecular weight excluding hydrogens is 474 g/mol. The summed E-state index contributed by atoms with van der Waals surface area (Å²) in [5, 5.41) is 12.3. The lowest BCUT2D eigenvalue weighted by Gasteiger charge is -2.10. The Labute approximate surface area is 191 Å². The molecule has 0 atom stereocenters. The summed E-state index contributed by atoms with van der Waals surface area (Å²) in [5.41, 5.74) is 0.442. The summed E-state index contributed by atoms with van der Waals surface area (Å²) in [6.07, 6.45) is 0. The second-order valence-corrected chi connectivity index (χ2v) is 8.08. The van der Waals surface area contributed by atoms with E-state index in [1.54, 1.807) is 18.2 Å². The van der Waals surface area contributed by atoms with Crippen LogP contribution in [0.3, 0.4) is 0 Å². The number of rotatable bonds is 8. The number of amides is 1. The minimum atomic E-state index is -0.444. The molecule has 1 N–H and O–H groups in total. The number of carbonyl (C=O) groups excluding carboxylic acids is 1. The number of benzene rings is 2. The molecule has 0 unspecified atom stereocenters. The zero-order valence-electron chi connectivity index (χ0n) is 15.7. The molecule has 0 bridgehead atoms. The number of thioether (sulfide) groups is 1. The number of nitrogens with zero attached hydrogens (tertiary/aromatic N) is 3. The molecule has 0 aliphatic rings. The maximum absolute atomic E-state index is 13.1. The predicted molar refractivity (Wildman–Crippen MR) is 117 cm³/mol. The highest BCUT2D eigenvalue weighted by molar-refractivity contribution is 7.99. The van der Waals surface area contributed by atoms with Crippen LogP contribution in [0.25, 0.3) is 0 Å². The fraction of sp³-hybridized carbons (Fsp3) is 0.211. The number of anilines is 1. The summed E-state index contributed by atoms with van der Waals surface area (Å²) < 4.78 is 20.6. The second-order valence-electron chi connectivity index (χ2n) is 5.94. The Morgan fingerprint density at radius 3 is 2.73 bits per heavy atom. The van der Waals surface area contributed by atoms with Gasteiger partial charge in [0.05, 0.1) is 26.5 Å². The van der Waals surface area contributed by atoms with Crippen LogP contribution in [0.1, 0.15) is 12.7 Å². The van der Waals surface area contributed by atoms with Gasteiger partial charge in [-0.3, -0.25) is 4.79 Å². The third kappa shape index (κ3) is 5.57. The fourth-order valence-electron chi connectivity index (χ4n) is 2.50. The van der Waals surface area contributed by atoms with Gasteiger partial charge in [-0.1, -0.05) is 52.6 Å². The summed E-state index contributed by atoms with van der Waals surface area (Å²) in [5.74, 6) is 0.297. The topological polar surface area (TPSA) is 69.0 Å². The van der Waals surface area contributed by atoms with Crippen molar-refractivity contribution in [3.05, 3.63) is 63.1 Å². The van der Waals surface area contributed by atoms with Crippen LogP contribution in [-0.4, -0.2) is 26.4 Å². The van der Waals surface area contributed by atoms with Gasteiger partial charge in [-0.05, 0) is 37.3 Å². The Kier molecular flexibility index (Phi) is 7.82. The second kappa shape index (κ2) is 10.3. The molecule has 0 saturated carbocycles. The molecule has 0 radical (unpaired) electrons. The lowest BCUT2D eigenvalue weighted by molar-refractivity contribution is -0.113. The van der Waals surface area contributed by atoms with Gasteiger partial charge < -0.3 is 14.6 Å². The number of aromatic nitrogens is 3. The molecular formula is C19H16Cl3FN4O2S. The van der Waals surface area contributed by atoms with Crippen LogP contribution < -0.4 is 10.1 Å². The van der Waals surface area contributed by atoms with Crippen molar-refractivity contribution in [2.24, 2.45) is 0 Å². The maximum atomic E-state index is 13.1. The summed E-state index contributed by atoms with van der Waals surface area (Å²) in [6.45, 7) is 2.59. The van der Waals surface area contributed by atoms with E-state index < -0.39 is 5.82 Å². The molecule has 3 aromatic rings. The molecule has 158 valence electrons. The van der Waals surface area contributed by atoms with Gasteiger partial charge in [0.15, 0.2) is 11.0 Å². The van der Waals surface area contributed by atoms with Gasteiger partial charge in [-0.2, -0.15) is 0 Å². The highest BCUT2D eigenvalue weighted by atomic mass is 35.5. The molecule has 6 nitrogen and oxygen atoms in total. The zero-order chi connectivity index (χ0) is 21.7. The van der Waals surface area contributed by atoms with E-state index in [4.69, 9.17) is 39.5 Å². The van der Waals surface area contributed by atoms with Gasteiger partial charge in [0.1, 0.15) is 18.2 Å². The maximum Gasteiger partial charge on any atom is 0.234 e. The van der Waals surface area contributed by atoms with Crippen molar-refractivity contribution in [1.82, 2.24) is 14.8 Å². The van der Waals surface area contributed by atoms with Crippen LogP contribution >= 0.6 is 46.6 Å². The van der Waals surface area contributed by atoms with Crippen molar-refractivity contribution in [3.8, 4) is 5.75 Å². The van der Waals surface area contributed by atoms with Gasteiger partial charge in [0.25, 0.3) is 0 Å². The molecule has 0 aliphatic heterocycles. The molecule has 1 heterocycles. The average Bonchev–Trinajstić information content (AvgIpc) is 3.11. The minimum Gasteiger partial charge on any atom is -0.484 e. The van der Waals surface area contributed by atoms with Gasteiger partial charge in [-0.25, -0.2) is 4.39 Å². The van der Waals surface area contributed by atoms with Gasteiger partial charge in [0.2, 0.25) is 5.91 Å². The highest BCUT2D eigenvalue weighted by Crippen LogP contribution is 2.30. The first-order valence-electron chi connectivity index (χ1n) is 8.75. The highest BCUT2D eigenvalue weighted by Gasteiger charge is 2.15. The third-order valence-electron chi connectivity index (χ3n) is 3.92. The Bertz CT molecular complexity index is 1060. The van der Waals surface area contributed by atoms with E-state index in [2.05, 4.69) is 15.5 Å². The van der Waals surface area contributed by atoms with Crippen molar-refractivity contribution in [1.29, 1.82) is 0 Å². The van der Waals surface area contributed by atoms with E-state index in [-0.39, 0.29) is 28.3 Å².